The molecule has 1 amide bonds. The van der Waals surface area contributed by atoms with Crippen LogP contribution in [-0.2, 0) is 17.9 Å². The Morgan fingerprint density at radius 1 is 1.27 bits per heavy atom. The number of likely N-dealkylation sites (N-methyl/N-ethyl adjacent to an activating group) is 1. The van der Waals surface area contributed by atoms with Crippen molar-refractivity contribution in [3.63, 3.8) is 0 Å². The number of carbonyl (C=O) groups is 1. The molecule has 1 unspecified atom stereocenters. The van der Waals surface area contributed by atoms with Gasteiger partial charge in [-0.1, -0.05) is 18.2 Å². The van der Waals surface area contributed by atoms with Gasteiger partial charge in [-0.25, -0.2) is 4.39 Å². The van der Waals surface area contributed by atoms with Gasteiger partial charge >= 0.3 is 0 Å². The van der Waals surface area contributed by atoms with Gasteiger partial charge in [0.2, 0.25) is 0 Å². The number of piperidine rings is 1. The monoisotopic (exact) mass is 357 g/mol. The summed E-state index contributed by atoms with van der Waals surface area (Å²) in [5, 5.41) is 11.0. The summed E-state index contributed by atoms with van der Waals surface area (Å²) in [4.78, 5) is 20.7. The van der Waals surface area contributed by atoms with Crippen LogP contribution in [0.2, 0.25) is 0 Å². The van der Waals surface area contributed by atoms with Crippen LogP contribution in [0.25, 0.3) is 0 Å². The first-order valence-corrected chi connectivity index (χ1v) is 8.81. The highest BCUT2D eigenvalue weighted by molar-refractivity contribution is 5.86. The van der Waals surface area contributed by atoms with E-state index >= 15 is 0 Å². The van der Waals surface area contributed by atoms with Crippen molar-refractivity contribution in [2.75, 3.05) is 20.1 Å². The predicted molar refractivity (Wildman–Crippen MR) is 96.6 cm³/mol. The Morgan fingerprint density at radius 2 is 2.04 bits per heavy atom. The SMILES string of the molecule is CN(Cc1ccccn1)CC1(O)CCCN(Cc2ccc(F)cc2)C1=O. The lowest BCUT2D eigenvalue weighted by molar-refractivity contribution is -0.160. The molecule has 0 bridgehead atoms. The van der Waals surface area contributed by atoms with Gasteiger partial charge in [-0.2, -0.15) is 0 Å². The first kappa shape index (κ1) is 18.5. The lowest BCUT2D eigenvalue weighted by atomic mass is 9.90. The second kappa shape index (κ2) is 7.93. The molecule has 1 aromatic carbocycles. The molecule has 0 aliphatic carbocycles. The molecular weight excluding hydrogens is 333 g/mol. The van der Waals surface area contributed by atoms with Gasteiger partial charge in [-0.3, -0.25) is 14.7 Å². The molecule has 2 heterocycles. The van der Waals surface area contributed by atoms with Crippen molar-refractivity contribution in [1.29, 1.82) is 0 Å². The van der Waals surface area contributed by atoms with Gasteiger partial charge in [0.25, 0.3) is 5.91 Å². The van der Waals surface area contributed by atoms with Crippen LogP contribution in [0.3, 0.4) is 0 Å². The molecule has 1 fully saturated rings. The molecule has 0 saturated carbocycles. The summed E-state index contributed by atoms with van der Waals surface area (Å²) >= 11 is 0. The van der Waals surface area contributed by atoms with Crippen molar-refractivity contribution < 1.29 is 14.3 Å². The summed E-state index contributed by atoms with van der Waals surface area (Å²) in [5.74, 6) is -0.563. The highest BCUT2D eigenvalue weighted by Crippen LogP contribution is 2.25. The summed E-state index contributed by atoms with van der Waals surface area (Å²) in [5.41, 5.74) is 0.345. The number of hydrogen-bond acceptors (Lipinski definition) is 4. The van der Waals surface area contributed by atoms with E-state index in [1.54, 1.807) is 23.2 Å². The van der Waals surface area contributed by atoms with Crippen LogP contribution in [0.1, 0.15) is 24.1 Å². The van der Waals surface area contributed by atoms with E-state index in [1.165, 1.54) is 12.1 Å². The zero-order chi connectivity index (χ0) is 18.6. The van der Waals surface area contributed by atoms with E-state index in [0.29, 0.717) is 26.1 Å². The molecular formula is C20H24FN3O2. The van der Waals surface area contributed by atoms with Gasteiger partial charge < -0.3 is 10.0 Å². The van der Waals surface area contributed by atoms with E-state index < -0.39 is 5.60 Å². The summed E-state index contributed by atoms with van der Waals surface area (Å²) < 4.78 is 13.1. The van der Waals surface area contributed by atoms with E-state index in [2.05, 4.69) is 4.98 Å². The predicted octanol–water partition coefficient (Wildman–Crippen LogP) is 2.21. The number of pyridine rings is 1. The number of carbonyl (C=O) groups excluding carboxylic acids is 1. The summed E-state index contributed by atoms with van der Waals surface area (Å²) in [6, 6.07) is 11.8. The number of halogens is 1. The maximum absolute atomic E-state index is 13.1. The van der Waals surface area contributed by atoms with Gasteiger partial charge in [0.15, 0.2) is 5.60 Å². The van der Waals surface area contributed by atoms with Gasteiger partial charge in [-0.15, -0.1) is 0 Å². The summed E-state index contributed by atoms with van der Waals surface area (Å²) in [6.07, 6.45) is 2.91. The number of likely N-dealkylation sites (tertiary alicyclic amines) is 1. The lowest BCUT2D eigenvalue weighted by Gasteiger charge is -2.40. The Balaban J connectivity index is 1.64. The maximum atomic E-state index is 13.1. The van der Waals surface area contributed by atoms with Gasteiger partial charge in [0.05, 0.1) is 5.69 Å². The van der Waals surface area contributed by atoms with Crippen molar-refractivity contribution in [3.8, 4) is 0 Å². The highest BCUT2D eigenvalue weighted by Gasteiger charge is 2.42. The molecule has 1 N–H and O–H groups in total. The van der Waals surface area contributed by atoms with Crippen molar-refractivity contribution in [3.05, 3.63) is 65.7 Å². The van der Waals surface area contributed by atoms with E-state index in [1.807, 2.05) is 30.1 Å². The van der Waals surface area contributed by atoms with E-state index in [9.17, 15) is 14.3 Å². The van der Waals surface area contributed by atoms with Crippen LogP contribution in [-0.4, -0.2) is 51.5 Å². The molecule has 5 nitrogen and oxygen atoms in total. The molecule has 1 aliphatic rings. The van der Waals surface area contributed by atoms with Gasteiger partial charge in [0, 0.05) is 32.4 Å². The molecule has 1 aromatic heterocycles. The molecule has 26 heavy (non-hydrogen) atoms. The minimum absolute atomic E-state index is 0.252. The maximum Gasteiger partial charge on any atom is 0.256 e. The Bertz CT molecular complexity index is 738. The average molecular weight is 357 g/mol. The van der Waals surface area contributed by atoms with Crippen LogP contribution in [0.5, 0.6) is 0 Å². The molecule has 1 aliphatic heterocycles. The number of aliphatic hydroxyl groups is 1. The minimum Gasteiger partial charge on any atom is -0.379 e. The molecule has 3 rings (SSSR count). The molecule has 2 aromatic rings. The minimum atomic E-state index is -1.40. The second-order valence-corrected chi connectivity index (χ2v) is 6.98. The van der Waals surface area contributed by atoms with Gasteiger partial charge in [-0.05, 0) is 49.7 Å². The fraction of sp³-hybridized carbons (Fsp3) is 0.400. The summed E-state index contributed by atoms with van der Waals surface area (Å²) in [6.45, 7) is 1.80. The number of hydrogen-bond donors (Lipinski definition) is 1. The number of amides is 1. The van der Waals surface area contributed by atoms with Crippen molar-refractivity contribution in [2.45, 2.75) is 31.5 Å². The largest absolute Gasteiger partial charge is 0.379 e. The number of benzene rings is 1. The molecule has 138 valence electrons. The van der Waals surface area contributed by atoms with E-state index in [4.69, 9.17) is 0 Å². The topological polar surface area (TPSA) is 56.7 Å². The first-order valence-electron chi connectivity index (χ1n) is 8.81. The van der Waals surface area contributed by atoms with E-state index in [0.717, 1.165) is 17.7 Å². The lowest BCUT2D eigenvalue weighted by Crippen LogP contribution is -2.57. The molecule has 0 spiro atoms. The van der Waals surface area contributed by atoms with Crippen LogP contribution in [0, 0.1) is 5.82 Å². The number of nitrogens with zero attached hydrogens (tertiary/aromatic N) is 3. The molecule has 1 saturated heterocycles. The van der Waals surface area contributed by atoms with Crippen molar-refractivity contribution >= 4 is 5.91 Å². The molecule has 6 heteroatoms. The van der Waals surface area contributed by atoms with Crippen LogP contribution < -0.4 is 0 Å². The van der Waals surface area contributed by atoms with E-state index in [-0.39, 0.29) is 18.3 Å². The zero-order valence-electron chi connectivity index (χ0n) is 14.9. The van der Waals surface area contributed by atoms with Crippen molar-refractivity contribution in [1.82, 2.24) is 14.8 Å². The molecule has 0 radical (unpaired) electrons. The normalized spacial score (nSPS) is 20.6. The number of rotatable bonds is 6. The third kappa shape index (κ3) is 4.45. The first-order chi connectivity index (χ1) is 12.5. The Kier molecular flexibility index (Phi) is 5.64. The second-order valence-electron chi connectivity index (χ2n) is 6.98. The van der Waals surface area contributed by atoms with Crippen molar-refractivity contribution in [2.24, 2.45) is 0 Å². The Morgan fingerprint density at radius 3 is 2.73 bits per heavy atom. The van der Waals surface area contributed by atoms with Crippen LogP contribution >= 0.6 is 0 Å². The zero-order valence-corrected chi connectivity index (χ0v) is 14.9. The smallest absolute Gasteiger partial charge is 0.256 e. The Hall–Kier alpha value is -2.31. The van der Waals surface area contributed by atoms with Crippen LogP contribution in [0.15, 0.2) is 48.7 Å². The quantitative estimate of drug-likeness (QED) is 0.861. The number of aromatic nitrogens is 1. The third-order valence-electron chi connectivity index (χ3n) is 4.68. The molecule has 1 atom stereocenters. The average Bonchev–Trinajstić information content (AvgIpc) is 2.62. The third-order valence-corrected chi connectivity index (χ3v) is 4.68. The fourth-order valence-electron chi connectivity index (χ4n) is 3.44. The fourth-order valence-corrected chi connectivity index (χ4v) is 3.44. The van der Waals surface area contributed by atoms with Crippen LogP contribution in [0.4, 0.5) is 4.39 Å². The standard InChI is InChI=1S/C20H24FN3O2/c1-23(14-18-5-2-3-11-22-18)15-20(26)10-4-12-24(19(20)25)13-16-6-8-17(21)9-7-16/h2-3,5-9,11,26H,4,10,12-15H2,1H3. The Labute approximate surface area is 153 Å². The van der Waals surface area contributed by atoms with Gasteiger partial charge in [0.1, 0.15) is 5.82 Å². The highest BCUT2D eigenvalue weighted by atomic mass is 19.1. The summed E-state index contributed by atoms with van der Waals surface area (Å²) in [7, 11) is 1.87.